The second kappa shape index (κ2) is 7.81. The minimum Gasteiger partial charge on any atom is -0.319 e. The van der Waals surface area contributed by atoms with Gasteiger partial charge in [0.05, 0.1) is 12.2 Å². The summed E-state index contributed by atoms with van der Waals surface area (Å²) in [5.74, 6) is 0.467. The molecule has 0 atom stereocenters. The van der Waals surface area contributed by atoms with Crippen molar-refractivity contribution >= 4 is 5.65 Å². The first-order chi connectivity index (χ1) is 16.2. The van der Waals surface area contributed by atoms with E-state index in [4.69, 9.17) is 11.6 Å². The third-order valence-electron chi connectivity index (χ3n) is 5.91. The van der Waals surface area contributed by atoms with Crippen LogP contribution >= 0.6 is 0 Å². The number of likely N-dealkylation sites (tertiary alicyclic amines) is 1. The van der Waals surface area contributed by atoms with E-state index in [0.29, 0.717) is 28.4 Å². The predicted molar refractivity (Wildman–Crippen MR) is 117 cm³/mol. The van der Waals surface area contributed by atoms with Gasteiger partial charge in [-0.2, -0.15) is 18.3 Å². The van der Waals surface area contributed by atoms with Crippen LogP contribution in [-0.4, -0.2) is 66.0 Å². The van der Waals surface area contributed by atoms with Gasteiger partial charge in [0.15, 0.2) is 11.4 Å². The molecule has 34 heavy (non-hydrogen) atoms. The van der Waals surface area contributed by atoms with Gasteiger partial charge in [-0.05, 0) is 12.1 Å². The number of pyridine rings is 1. The highest BCUT2D eigenvalue weighted by Gasteiger charge is 2.51. The minimum atomic E-state index is -4.30. The number of alkyl halides is 3. The first-order valence-electron chi connectivity index (χ1n) is 10.4. The standard InChI is InChI=1S/C22H19F3N8O/c1-26-11-21(12-31(13-21)14-22(23,24)25)33-7-4-16(29-33)20-28-17(10-18-27-5-8-32(18)20)15-3-6-30(2)19(34)9-15/h3-10H,11-14H2,2H3. The van der Waals surface area contributed by atoms with Crippen LogP contribution in [0, 0.1) is 6.57 Å². The number of hydrogen-bond acceptors (Lipinski definition) is 5. The van der Waals surface area contributed by atoms with Crippen LogP contribution in [0.4, 0.5) is 13.2 Å². The Morgan fingerprint density at radius 3 is 2.65 bits per heavy atom. The van der Waals surface area contributed by atoms with E-state index in [0.717, 1.165) is 0 Å². The Kier molecular flexibility index (Phi) is 5.02. The number of nitrogens with zero attached hydrogens (tertiary/aromatic N) is 8. The van der Waals surface area contributed by atoms with Crippen molar-refractivity contribution in [2.24, 2.45) is 7.05 Å². The summed E-state index contributed by atoms with van der Waals surface area (Å²) in [5.41, 5.74) is 1.24. The van der Waals surface area contributed by atoms with E-state index < -0.39 is 18.3 Å². The normalized spacial score (nSPS) is 15.9. The molecule has 174 valence electrons. The first-order valence-corrected chi connectivity index (χ1v) is 10.4. The molecule has 0 saturated carbocycles. The summed E-state index contributed by atoms with van der Waals surface area (Å²) in [6.45, 7) is 6.46. The van der Waals surface area contributed by atoms with Crippen LogP contribution < -0.4 is 5.56 Å². The van der Waals surface area contributed by atoms with Crippen LogP contribution in [-0.2, 0) is 12.6 Å². The molecule has 12 heteroatoms. The lowest BCUT2D eigenvalue weighted by atomic mass is 9.90. The van der Waals surface area contributed by atoms with Gasteiger partial charge in [0.1, 0.15) is 11.3 Å². The number of hydrogen-bond donors (Lipinski definition) is 0. The number of imidazole rings is 1. The second-order valence-corrected chi connectivity index (χ2v) is 8.43. The van der Waals surface area contributed by atoms with Gasteiger partial charge < -0.3 is 9.41 Å². The minimum absolute atomic E-state index is 0.0176. The van der Waals surface area contributed by atoms with Gasteiger partial charge in [0.2, 0.25) is 6.54 Å². The lowest BCUT2D eigenvalue weighted by molar-refractivity contribution is -0.166. The highest BCUT2D eigenvalue weighted by Crippen LogP contribution is 2.33. The van der Waals surface area contributed by atoms with Gasteiger partial charge in [0, 0.05) is 62.6 Å². The zero-order chi connectivity index (χ0) is 24.1. The van der Waals surface area contributed by atoms with Crippen LogP contribution in [0.25, 0.3) is 33.3 Å². The van der Waals surface area contributed by atoms with Crippen molar-refractivity contribution < 1.29 is 13.2 Å². The Labute approximate surface area is 191 Å². The Balaban J connectivity index is 1.52. The van der Waals surface area contributed by atoms with Crippen LogP contribution in [0.3, 0.4) is 0 Å². The fourth-order valence-electron chi connectivity index (χ4n) is 4.28. The van der Waals surface area contributed by atoms with E-state index in [1.807, 2.05) is 0 Å². The monoisotopic (exact) mass is 468 g/mol. The van der Waals surface area contributed by atoms with Gasteiger partial charge in [-0.25, -0.2) is 16.5 Å². The topological polar surface area (TPSA) is 77.6 Å². The van der Waals surface area contributed by atoms with Crippen LogP contribution in [0.2, 0.25) is 0 Å². The van der Waals surface area contributed by atoms with E-state index in [-0.39, 0.29) is 25.2 Å². The van der Waals surface area contributed by atoms with Gasteiger partial charge in [-0.15, -0.1) is 0 Å². The second-order valence-electron chi connectivity index (χ2n) is 8.43. The van der Waals surface area contributed by atoms with Crippen molar-refractivity contribution in [3.8, 4) is 22.8 Å². The van der Waals surface area contributed by atoms with Crippen molar-refractivity contribution in [3.05, 3.63) is 70.8 Å². The molecular weight excluding hydrogens is 449 g/mol. The van der Waals surface area contributed by atoms with Gasteiger partial charge >= 0.3 is 6.18 Å². The first kappa shape index (κ1) is 21.8. The van der Waals surface area contributed by atoms with Crippen molar-refractivity contribution in [1.29, 1.82) is 0 Å². The Morgan fingerprint density at radius 2 is 1.94 bits per heavy atom. The molecule has 1 saturated heterocycles. The number of halogens is 3. The van der Waals surface area contributed by atoms with Gasteiger partial charge in [-0.1, -0.05) is 0 Å². The predicted octanol–water partition coefficient (Wildman–Crippen LogP) is 2.45. The number of fused-ring (bicyclic) bond motifs is 1. The van der Waals surface area contributed by atoms with Crippen LogP contribution in [0.5, 0.6) is 0 Å². The summed E-state index contributed by atoms with van der Waals surface area (Å²) < 4.78 is 43.1. The van der Waals surface area contributed by atoms with E-state index in [1.54, 1.807) is 59.1 Å². The molecule has 1 aliphatic rings. The summed E-state index contributed by atoms with van der Waals surface area (Å²) in [5, 5.41) is 4.61. The summed E-state index contributed by atoms with van der Waals surface area (Å²) in [6, 6.07) is 6.74. The Bertz CT molecular complexity index is 1470. The summed E-state index contributed by atoms with van der Waals surface area (Å²) in [6.07, 6.45) is 2.37. The fraction of sp³-hybridized carbons (Fsp3) is 0.318. The largest absolute Gasteiger partial charge is 0.401 e. The van der Waals surface area contributed by atoms with Crippen LogP contribution in [0.1, 0.15) is 0 Å². The number of aryl methyl sites for hydroxylation is 1. The molecule has 1 fully saturated rings. The molecule has 0 N–H and O–H groups in total. The lowest BCUT2D eigenvalue weighted by Gasteiger charge is -2.47. The SMILES string of the molecule is [C-]#[N+]CC1(n2ccc(-c3nc(-c4ccn(C)c(=O)c4)cc4nccn34)n2)CN(CC(F)(F)F)C1. The third kappa shape index (κ3) is 3.84. The average molecular weight is 468 g/mol. The molecule has 0 radical (unpaired) electrons. The quantitative estimate of drug-likeness (QED) is 0.421. The molecule has 0 unspecified atom stereocenters. The maximum atomic E-state index is 12.8. The molecule has 0 aliphatic carbocycles. The fourth-order valence-corrected chi connectivity index (χ4v) is 4.28. The number of rotatable bonds is 5. The smallest absolute Gasteiger partial charge is 0.319 e. The molecule has 4 aromatic rings. The lowest BCUT2D eigenvalue weighted by Crippen LogP contribution is -2.65. The highest BCUT2D eigenvalue weighted by atomic mass is 19.4. The molecule has 5 heterocycles. The summed E-state index contributed by atoms with van der Waals surface area (Å²) in [4.78, 5) is 25.9. The molecule has 0 aromatic carbocycles. The van der Waals surface area contributed by atoms with Crippen molar-refractivity contribution in [2.45, 2.75) is 11.7 Å². The van der Waals surface area contributed by atoms with E-state index in [1.165, 1.54) is 15.5 Å². The molecular formula is C22H19F3N8O. The average Bonchev–Trinajstić information content (AvgIpc) is 3.42. The maximum Gasteiger partial charge on any atom is 0.401 e. The summed E-state index contributed by atoms with van der Waals surface area (Å²) >= 11 is 0. The summed E-state index contributed by atoms with van der Waals surface area (Å²) in [7, 11) is 1.66. The van der Waals surface area contributed by atoms with Gasteiger partial charge in [0.25, 0.3) is 5.56 Å². The van der Waals surface area contributed by atoms with Crippen molar-refractivity contribution in [3.63, 3.8) is 0 Å². The molecule has 0 bridgehead atoms. The van der Waals surface area contributed by atoms with Crippen molar-refractivity contribution in [2.75, 3.05) is 26.2 Å². The zero-order valence-electron chi connectivity index (χ0n) is 18.1. The van der Waals surface area contributed by atoms with E-state index in [2.05, 4.69) is 14.9 Å². The van der Waals surface area contributed by atoms with Crippen molar-refractivity contribution in [1.82, 2.24) is 33.6 Å². The van der Waals surface area contributed by atoms with Crippen LogP contribution in [0.15, 0.2) is 53.8 Å². The Hall–Kier alpha value is -3.98. The zero-order valence-corrected chi connectivity index (χ0v) is 18.1. The highest BCUT2D eigenvalue weighted by molar-refractivity contribution is 5.67. The maximum absolute atomic E-state index is 12.8. The molecule has 1 aliphatic heterocycles. The molecule has 0 spiro atoms. The molecule has 0 amide bonds. The molecule has 4 aromatic heterocycles. The molecule has 5 rings (SSSR count). The van der Waals surface area contributed by atoms with Gasteiger partial charge in [-0.3, -0.25) is 18.8 Å². The number of aromatic nitrogens is 6. The van der Waals surface area contributed by atoms with E-state index >= 15 is 0 Å². The molecule has 9 nitrogen and oxygen atoms in total. The van der Waals surface area contributed by atoms with E-state index in [9.17, 15) is 18.0 Å². The Morgan fingerprint density at radius 1 is 1.15 bits per heavy atom. The third-order valence-corrected chi connectivity index (χ3v) is 5.91.